The van der Waals surface area contributed by atoms with Crippen LogP contribution in [0.2, 0.25) is 0 Å². The van der Waals surface area contributed by atoms with Crippen LogP contribution in [0.1, 0.15) is 49.9 Å². The Morgan fingerprint density at radius 1 is 0.391 bits per heavy atom. The normalized spacial score (nSPS) is 14.5. The number of hydrogen-bond acceptors (Lipinski definition) is 3. The van der Waals surface area contributed by atoms with E-state index in [1.54, 1.807) is 0 Å². The molecule has 0 aliphatic carbocycles. The molecule has 0 unspecified atom stereocenters. The average molecular weight is 685 g/mol. The van der Waals surface area contributed by atoms with E-state index in [1.165, 1.54) is 0 Å². The molecular weight excluding hydrogens is 621 g/mol. The van der Waals surface area contributed by atoms with Gasteiger partial charge >= 0.3 is 282 Å². The van der Waals surface area contributed by atoms with Crippen LogP contribution >= 0.6 is 20.5 Å². The van der Waals surface area contributed by atoms with Crippen molar-refractivity contribution in [2.24, 2.45) is 0 Å². The molecular formula is C40H63O3P3. The molecule has 46 heavy (non-hydrogen) atoms. The fourth-order valence-corrected chi connectivity index (χ4v) is 15.1. The van der Waals surface area contributed by atoms with Gasteiger partial charge in [-0.05, 0) is 0 Å². The molecule has 6 heteroatoms. The number of aryl methyl sites for hydroxylation is 4. The van der Waals surface area contributed by atoms with Gasteiger partial charge < -0.3 is 0 Å². The predicted octanol–water partition coefficient (Wildman–Crippen LogP) is 8.48. The van der Waals surface area contributed by atoms with Gasteiger partial charge in [0.25, 0.3) is 0 Å². The molecule has 4 rings (SSSR count). The van der Waals surface area contributed by atoms with Gasteiger partial charge in [0.1, 0.15) is 0 Å². The fourth-order valence-electron chi connectivity index (χ4n) is 6.33. The van der Waals surface area contributed by atoms with E-state index in [4.69, 9.17) is 4.89 Å². The summed E-state index contributed by atoms with van der Waals surface area (Å²) in [5, 5.41) is 4.06. The van der Waals surface area contributed by atoms with Crippen LogP contribution in [0.5, 0.6) is 0 Å². The van der Waals surface area contributed by atoms with Crippen molar-refractivity contribution in [3.63, 3.8) is 0 Å². The van der Waals surface area contributed by atoms with Crippen molar-refractivity contribution in [1.82, 2.24) is 0 Å². The molecule has 0 spiro atoms. The number of benzene rings is 4. The van der Waals surface area contributed by atoms with Gasteiger partial charge in [0.15, 0.2) is 0 Å². The van der Waals surface area contributed by atoms with Crippen LogP contribution in [0.15, 0.2) is 97.1 Å². The summed E-state index contributed by atoms with van der Waals surface area (Å²) in [6, 6.07) is 33.3. The van der Waals surface area contributed by atoms with E-state index in [0.29, 0.717) is 0 Å². The molecule has 0 aliphatic rings. The van der Waals surface area contributed by atoms with Gasteiger partial charge in [-0.15, -0.1) is 0 Å². The second-order valence-corrected chi connectivity index (χ2v) is 32.3. The maximum absolute atomic E-state index is 13.7. The van der Waals surface area contributed by atoms with Crippen molar-refractivity contribution < 1.29 is 14.7 Å². The van der Waals surface area contributed by atoms with Crippen LogP contribution in [0.3, 0.4) is 0 Å². The van der Waals surface area contributed by atoms with Gasteiger partial charge in [-0.25, -0.2) is 0 Å². The van der Waals surface area contributed by atoms with Crippen LogP contribution in [0, 0.1) is 27.7 Å². The third-order valence-corrected chi connectivity index (χ3v) is 21.8. The first-order valence-corrected chi connectivity index (χ1v) is 25.8. The Morgan fingerprint density at radius 3 is 0.696 bits per heavy atom. The maximum atomic E-state index is 13.7. The van der Waals surface area contributed by atoms with Crippen LogP contribution in [-0.2, 0) is 0 Å². The van der Waals surface area contributed by atoms with E-state index in [0.717, 1.165) is 68.1 Å². The molecule has 256 valence electrons. The molecule has 0 saturated heterocycles. The Kier molecular flexibility index (Phi) is 12.8. The van der Waals surface area contributed by atoms with E-state index in [1.807, 2.05) is 50.9 Å². The molecule has 0 aliphatic heterocycles. The third-order valence-electron chi connectivity index (χ3n) is 9.59. The summed E-state index contributed by atoms with van der Waals surface area (Å²) in [6.45, 7) is 16.3. The van der Waals surface area contributed by atoms with Gasteiger partial charge in [0.2, 0.25) is 0 Å². The first-order valence-electron chi connectivity index (χ1n) is 16.7. The fraction of sp³-hybridized carbons (Fsp3) is 0.400. The van der Waals surface area contributed by atoms with Crippen molar-refractivity contribution in [2.75, 3.05) is 51.3 Å². The Hall–Kier alpha value is -1.95. The van der Waals surface area contributed by atoms with Crippen molar-refractivity contribution in [3.05, 3.63) is 119 Å². The Balaban J connectivity index is 0.000000382. The number of hydrogen-bond donors (Lipinski definition) is 3. The van der Waals surface area contributed by atoms with Crippen molar-refractivity contribution in [2.45, 2.75) is 55.4 Å². The topological polar surface area (TPSA) is 60.7 Å². The Labute approximate surface area is 281 Å². The zero-order valence-corrected chi connectivity index (χ0v) is 33.4. The third kappa shape index (κ3) is 8.74. The number of rotatable bonds is 8. The van der Waals surface area contributed by atoms with Gasteiger partial charge in [-0.1, -0.05) is 0 Å². The molecule has 0 amide bonds. The monoisotopic (exact) mass is 684 g/mol. The minimum absolute atomic E-state index is 0.995. The molecule has 3 N–H and O–H groups in total. The van der Waals surface area contributed by atoms with E-state index < -0.39 is 20.5 Å². The first kappa shape index (κ1) is 40.2. The first-order chi connectivity index (χ1) is 21.2. The molecule has 0 saturated carbocycles. The van der Waals surface area contributed by atoms with Crippen molar-refractivity contribution >= 4 is 41.7 Å². The molecule has 0 aromatic heterocycles. The Morgan fingerprint density at radius 2 is 0.565 bits per heavy atom. The van der Waals surface area contributed by atoms with Crippen LogP contribution < -0.4 is 21.2 Å². The summed E-state index contributed by atoms with van der Waals surface area (Å²) in [7, 11) is 0. The Bertz CT molecular complexity index is 1380. The molecule has 0 bridgehead atoms. The summed E-state index contributed by atoms with van der Waals surface area (Å²) < 4.78 is 0. The average Bonchev–Trinajstić information content (AvgIpc) is 3.01. The van der Waals surface area contributed by atoms with E-state index >= 15 is 0 Å². The zero-order valence-electron chi connectivity index (χ0n) is 30.7. The van der Waals surface area contributed by atoms with Gasteiger partial charge in [0.05, 0.1) is 0 Å². The van der Waals surface area contributed by atoms with E-state index in [-0.39, 0.29) is 0 Å². The second kappa shape index (κ2) is 14.7. The molecule has 4 aromatic rings. The van der Waals surface area contributed by atoms with Crippen molar-refractivity contribution in [3.8, 4) is 0 Å². The summed E-state index contributed by atoms with van der Waals surface area (Å²) in [4.78, 5) is 33.2. The molecule has 0 atom stereocenters. The summed E-state index contributed by atoms with van der Waals surface area (Å²) in [6.07, 6.45) is 3.98. The SMILES string of the molecule is CCP(O)(CC)(CC)CC.CP(C)(C)(C)O.Cc1ccccc1P(O)(c1ccccc1C)(c1ccccc1C)c1ccccc1C. The zero-order chi connectivity index (χ0) is 35.1. The summed E-state index contributed by atoms with van der Waals surface area (Å²) >= 11 is 0. The molecule has 3 nitrogen and oxygen atoms in total. The second-order valence-electron chi connectivity index (χ2n) is 14.9. The predicted molar refractivity (Wildman–Crippen MR) is 217 cm³/mol. The van der Waals surface area contributed by atoms with Crippen molar-refractivity contribution in [1.29, 1.82) is 0 Å². The summed E-state index contributed by atoms with van der Waals surface area (Å²) in [5.74, 6) is 0. The molecule has 0 radical (unpaired) electrons. The van der Waals surface area contributed by atoms with Crippen LogP contribution in [0.4, 0.5) is 0 Å². The van der Waals surface area contributed by atoms with E-state index in [2.05, 4.69) is 128 Å². The van der Waals surface area contributed by atoms with E-state index in [9.17, 15) is 9.79 Å². The van der Waals surface area contributed by atoms with Gasteiger partial charge in [-0.2, -0.15) is 0 Å². The standard InChI is InChI=1S/C28H29OP.C8H21OP.C4H13OP/c1-21-13-5-9-17-25(21)30(29,26-18-10-6-14-22(26)2,27-19-11-7-15-23(27)3)28-20-12-8-16-24(28)4;1-5-10(9,6-2,7-3)8-4;1-6(2,3,4)5/h5-20,29H,1-4H3;9H,5-8H2,1-4H3;5H,1-4H3. The van der Waals surface area contributed by atoms with Crippen LogP contribution in [0.25, 0.3) is 0 Å². The molecule has 0 heterocycles. The minimum atomic E-state index is -4.01. The van der Waals surface area contributed by atoms with Gasteiger partial charge in [-0.3, -0.25) is 0 Å². The molecule has 0 fully saturated rings. The quantitative estimate of drug-likeness (QED) is 0.163. The summed E-state index contributed by atoms with van der Waals surface area (Å²) in [5.41, 5.74) is 4.42. The van der Waals surface area contributed by atoms with Gasteiger partial charge in [0, 0.05) is 0 Å². The molecule has 4 aromatic carbocycles. The van der Waals surface area contributed by atoms with Crippen LogP contribution in [-0.4, -0.2) is 66.0 Å².